The molecule has 2 N–H and O–H groups in total. The van der Waals surface area contributed by atoms with Crippen molar-refractivity contribution in [1.82, 2.24) is 10.6 Å². The van der Waals surface area contributed by atoms with E-state index in [1.54, 1.807) is 6.92 Å². The number of ether oxygens (including phenoxy) is 1. The van der Waals surface area contributed by atoms with Gasteiger partial charge in [0.25, 0.3) is 11.6 Å². The highest BCUT2D eigenvalue weighted by Crippen LogP contribution is 2.20. The van der Waals surface area contributed by atoms with Crippen LogP contribution in [0.25, 0.3) is 0 Å². The smallest absolute Gasteiger partial charge is 0.325 e. The third-order valence-electron chi connectivity index (χ3n) is 2.67. The largest absolute Gasteiger partial charge is 0.465 e. The number of esters is 1. The Hall–Kier alpha value is -2.55. The van der Waals surface area contributed by atoms with Crippen LogP contribution in [0.1, 0.15) is 22.8 Å². The van der Waals surface area contributed by atoms with E-state index in [1.165, 1.54) is 25.1 Å². The van der Waals surface area contributed by atoms with Gasteiger partial charge in [0.15, 0.2) is 5.11 Å². The first kappa shape index (κ1) is 17.5. The van der Waals surface area contributed by atoms with Crippen molar-refractivity contribution in [3.8, 4) is 0 Å². The van der Waals surface area contributed by atoms with Crippen LogP contribution in [0.4, 0.5) is 5.69 Å². The molecule has 0 unspecified atom stereocenters. The van der Waals surface area contributed by atoms with Gasteiger partial charge in [-0.3, -0.25) is 25.0 Å². The lowest BCUT2D eigenvalue weighted by molar-refractivity contribution is -0.385. The molecule has 0 fully saturated rings. The maximum Gasteiger partial charge on any atom is 0.325 e. The quantitative estimate of drug-likeness (QED) is 0.360. The van der Waals surface area contributed by atoms with Crippen LogP contribution in [0.5, 0.6) is 0 Å². The van der Waals surface area contributed by atoms with Crippen LogP contribution < -0.4 is 10.6 Å². The van der Waals surface area contributed by atoms with E-state index in [0.717, 1.165) is 0 Å². The van der Waals surface area contributed by atoms with Crippen LogP contribution in [0, 0.1) is 17.0 Å². The highest BCUT2D eigenvalue weighted by molar-refractivity contribution is 7.80. The highest BCUT2D eigenvalue weighted by atomic mass is 32.1. The Morgan fingerprint density at radius 1 is 1.41 bits per heavy atom. The Kier molecular flexibility index (Phi) is 6.39. The molecule has 0 bridgehead atoms. The maximum atomic E-state index is 12.0. The number of rotatable bonds is 5. The molecule has 0 atom stereocenters. The summed E-state index contributed by atoms with van der Waals surface area (Å²) in [5.41, 5.74) is 0.214. The maximum absolute atomic E-state index is 12.0. The van der Waals surface area contributed by atoms with Crippen LogP contribution in [-0.2, 0) is 9.53 Å². The Balaban J connectivity index is 2.70. The Bertz CT molecular complexity index is 618. The number of carbonyl (C=O) groups excluding carboxylic acids is 2. The average molecular weight is 325 g/mol. The Morgan fingerprint density at radius 2 is 2.09 bits per heavy atom. The minimum atomic E-state index is -0.595. The Labute approximate surface area is 132 Å². The Morgan fingerprint density at radius 3 is 2.68 bits per heavy atom. The van der Waals surface area contributed by atoms with Crippen LogP contribution >= 0.6 is 12.2 Å². The number of hydrogen-bond donors (Lipinski definition) is 2. The molecule has 1 aromatic rings. The van der Waals surface area contributed by atoms with Crippen molar-refractivity contribution in [3.63, 3.8) is 0 Å². The van der Waals surface area contributed by atoms with E-state index >= 15 is 0 Å². The number of carbonyl (C=O) groups is 2. The number of amides is 1. The SMILES string of the molecule is CCOC(=O)CNC(=S)NC(=O)c1cccc([N+](=O)[O-])c1C. The highest BCUT2D eigenvalue weighted by Gasteiger charge is 2.18. The molecule has 0 aliphatic carbocycles. The second-order valence-corrected chi connectivity index (χ2v) is 4.56. The van der Waals surface area contributed by atoms with E-state index in [-0.39, 0.29) is 35.1 Å². The number of benzene rings is 1. The first-order chi connectivity index (χ1) is 10.4. The van der Waals surface area contributed by atoms with Crippen molar-refractivity contribution < 1.29 is 19.2 Å². The minimum Gasteiger partial charge on any atom is -0.465 e. The molecular formula is C13H15N3O5S. The van der Waals surface area contributed by atoms with E-state index < -0.39 is 16.8 Å². The van der Waals surface area contributed by atoms with Gasteiger partial charge in [-0.15, -0.1) is 0 Å². The van der Waals surface area contributed by atoms with Gasteiger partial charge in [-0.25, -0.2) is 0 Å². The molecule has 8 nitrogen and oxygen atoms in total. The lowest BCUT2D eigenvalue weighted by atomic mass is 10.1. The average Bonchev–Trinajstić information content (AvgIpc) is 2.45. The zero-order chi connectivity index (χ0) is 16.7. The van der Waals surface area contributed by atoms with E-state index in [0.29, 0.717) is 0 Å². The van der Waals surface area contributed by atoms with Crippen LogP contribution in [-0.4, -0.2) is 35.1 Å². The molecule has 1 aromatic carbocycles. The summed E-state index contributed by atoms with van der Waals surface area (Å²) in [6.45, 7) is 3.21. The van der Waals surface area contributed by atoms with Crippen LogP contribution in [0.2, 0.25) is 0 Å². The normalized spacial score (nSPS) is 9.73. The van der Waals surface area contributed by atoms with Gasteiger partial charge in [0.2, 0.25) is 0 Å². The van der Waals surface area contributed by atoms with Gasteiger partial charge in [-0.1, -0.05) is 6.07 Å². The molecule has 1 rings (SSSR count). The summed E-state index contributed by atoms with van der Waals surface area (Å²) < 4.78 is 4.69. The summed E-state index contributed by atoms with van der Waals surface area (Å²) in [4.78, 5) is 33.5. The summed E-state index contributed by atoms with van der Waals surface area (Å²) in [5.74, 6) is -1.10. The van der Waals surface area contributed by atoms with E-state index in [9.17, 15) is 19.7 Å². The lowest BCUT2D eigenvalue weighted by Gasteiger charge is -2.10. The molecule has 0 aliphatic rings. The topological polar surface area (TPSA) is 111 Å². The van der Waals surface area contributed by atoms with Gasteiger partial charge < -0.3 is 10.1 Å². The number of nitrogens with one attached hydrogen (secondary N) is 2. The van der Waals surface area contributed by atoms with Gasteiger partial charge >= 0.3 is 5.97 Å². The summed E-state index contributed by atoms with van der Waals surface area (Å²) in [5, 5.41) is 15.6. The van der Waals surface area contributed by atoms with Crippen LogP contribution in [0.3, 0.4) is 0 Å². The van der Waals surface area contributed by atoms with Crippen molar-refractivity contribution in [2.75, 3.05) is 13.2 Å². The first-order valence-electron chi connectivity index (χ1n) is 6.35. The third-order valence-corrected chi connectivity index (χ3v) is 2.92. The number of nitro groups is 1. The van der Waals surface area contributed by atoms with E-state index in [4.69, 9.17) is 17.0 Å². The van der Waals surface area contributed by atoms with E-state index in [2.05, 4.69) is 10.6 Å². The predicted octanol–water partition coefficient (Wildman–Crippen LogP) is 1.07. The molecule has 1 amide bonds. The monoisotopic (exact) mass is 325 g/mol. The summed E-state index contributed by atoms with van der Waals surface area (Å²) in [6, 6.07) is 4.17. The van der Waals surface area contributed by atoms with Crippen molar-refractivity contribution in [3.05, 3.63) is 39.4 Å². The third kappa shape index (κ3) is 4.77. The number of nitrogens with zero attached hydrogens (tertiary/aromatic N) is 1. The molecule has 118 valence electrons. The molecule has 9 heteroatoms. The van der Waals surface area contributed by atoms with Gasteiger partial charge in [0.05, 0.1) is 11.5 Å². The fourth-order valence-corrected chi connectivity index (χ4v) is 1.81. The van der Waals surface area contributed by atoms with Gasteiger partial charge in [-0.05, 0) is 32.1 Å². The summed E-state index contributed by atoms with van der Waals surface area (Å²) in [7, 11) is 0. The molecule has 0 saturated heterocycles. The van der Waals surface area contributed by atoms with Gasteiger partial charge in [0.1, 0.15) is 6.54 Å². The molecule has 0 aromatic heterocycles. The fourth-order valence-electron chi connectivity index (χ4n) is 1.65. The number of nitro benzene ring substituents is 1. The van der Waals surface area contributed by atoms with Crippen LogP contribution in [0.15, 0.2) is 18.2 Å². The van der Waals surface area contributed by atoms with Crippen molar-refractivity contribution in [1.29, 1.82) is 0 Å². The van der Waals surface area contributed by atoms with Crippen molar-refractivity contribution in [2.24, 2.45) is 0 Å². The minimum absolute atomic E-state index is 0.0658. The predicted molar refractivity (Wildman–Crippen MR) is 82.5 cm³/mol. The standard InChI is InChI=1S/C13H15N3O5S/c1-3-21-11(17)7-14-13(22)15-12(18)9-5-4-6-10(8(9)2)16(19)20/h4-6H,3,7H2,1-2H3,(H2,14,15,18,22). The molecule has 0 spiro atoms. The lowest BCUT2D eigenvalue weighted by Crippen LogP contribution is -2.42. The molecule has 0 aliphatic heterocycles. The molecule has 0 saturated carbocycles. The molecular weight excluding hydrogens is 310 g/mol. The summed E-state index contributed by atoms with van der Waals surface area (Å²) in [6.07, 6.45) is 0. The molecule has 0 radical (unpaired) electrons. The summed E-state index contributed by atoms with van der Waals surface area (Å²) >= 11 is 4.88. The van der Waals surface area contributed by atoms with Gasteiger partial charge in [-0.2, -0.15) is 0 Å². The van der Waals surface area contributed by atoms with Crippen molar-refractivity contribution >= 4 is 34.9 Å². The van der Waals surface area contributed by atoms with Gasteiger partial charge in [0, 0.05) is 17.2 Å². The zero-order valence-electron chi connectivity index (χ0n) is 12.0. The molecule has 22 heavy (non-hydrogen) atoms. The molecule has 0 heterocycles. The van der Waals surface area contributed by atoms with E-state index in [1.807, 2.05) is 0 Å². The number of thiocarbonyl (C=S) groups is 1. The first-order valence-corrected chi connectivity index (χ1v) is 6.76. The van der Waals surface area contributed by atoms with Crippen molar-refractivity contribution in [2.45, 2.75) is 13.8 Å². The number of hydrogen-bond acceptors (Lipinski definition) is 6. The fraction of sp³-hybridized carbons (Fsp3) is 0.308. The second kappa shape index (κ2) is 8.03. The second-order valence-electron chi connectivity index (χ2n) is 4.15. The zero-order valence-corrected chi connectivity index (χ0v) is 12.9.